The minimum atomic E-state index is -0.554. The Bertz CT molecular complexity index is 359. The first-order valence-electron chi connectivity index (χ1n) is 4.53. The minimum absolute atomic E-state index is 0.230. The van der Waals surface area contributed by atoms with Crippen LogP contribution >= 0.6 is 0 Å². The van der Waals surface area contributed by atoms with Crippen molar-refractivity contribution in [3.63, 3.8) is 0 Å². The van der Waals surface area contributed by atoms with E-state index in [0.29, 0.717) is 19.4 Å². The van der Waals surface area contributed by atoms with E-state index in [2.05, 4.69) is 9.84 Å². The van der Waals surface area contributed by atoms with Crippen molar-refractivity contribution in [1.82, 2.24) is 9.78 Å². The van der Waals surface area contributed by atoms with Crippen LogP contribution in [0.3, 0.4) is 0 Å². The lowest BCUT2D eigenvalue weighted by atomic mass is 10.3. The topological polar surface area (TPSA) is 87.2 Å². The number of ether oxygens (including phenoxy) is 1. The van der Waals surface area contributed by atoms with E-state index in [-0.39, 0.29) is 11.7 Å². The maximum Gasteiger partial charge on any atom is 0.305 e. The summed E-state index contributed by atoms with van der Waals surface area (Å²) in [5.74, 6) is -0.806. The van der Waals surface area contributed by atoms with Crippen LogP contribution in [-0.2, 0) is 16.1 Å². The molecule has 0 aliphatic heterocycles. The summed E-state index contributed by atoms with van der Waals surface area (Å²) in [7, 11) is 1.35. The van der Waals surface area contributed by atoms with Gasteiger partial charge in [-0.2, -0.15) is 5.10 Å². The highest BCUT2D eigenvalue weighted by Gasteiger charge is 2.05. The molecule has 2 N–H and O–H groups in total. The lowest BCUT2D eigenvalue weighted by molar-refractivity contribution is -0.140. The first-order valence-corrected chi connectivity index (χ1v) is 4.53. The maximum absolute atomic E-state index is 10.8. The Hall–Kier alpha value is -1.85. The van der Waals surface area contributed by atoms with Gasteiger partial charge in [0.2, 0.25) is 0 Å². The molecule has 0 atom stereocenters. The number of hydrogen-bond donors (Lipinski definition) is 1. The molecule has 6 nitrogen and oxygen atoms in total. The molecule has 15 heavy (non-hydrogen) atoms. The van der Waals surface area contributed by atoms with Gasteiger partial charge in [-0.05, 0) is 12.5 Å². The number of methoxy groups -OCH3 is 1. The number of aryl methyl sites for hydroxylation is 1. The standard InChI is InChI=1S/C9H13N3O3/c1-15-8(13)3-2-5-12-6-4-7(11-12)9(10)14/h4,6H,2-3,5H2,1H3,(H2,10,14). The summed E-state index contributed by atoms with van der Waals surface area (Å²) in [4.78, 5) is 21.5. The Morgan fingerprint density at radius 1 is 1.60 bits per heavy atom. The van der Waals surface area contributed by atoms with Gasteiger partial charge in [-0.15, -0.1) is 0 Å². The van der Waals surface area contributed by atoms with Gasteiger partial charge < -0.3 is 10.5 Å². The molecule has 0 saturated heterocycles. The Morgan fingerprint density at radius 3 is 2.87 bits per heavy atom. The second-order valence-corrected chi connectivity index (χ2v) is 3.01. The number of aromatic nitrogens is 2. The fraction of sp³-hybridized carbons (Fsp3) is 0.444. The third-order valence-electron chi connectivity index (χ3n) is 1.89. The van der Waals surface area contributed by atoms with Gasteiger partial charge in [0.1, 0.15) is 5.69 Å². The van der Waals surface area contributed by atoms with Crippen LogP contribution in [0.2, 0.25) is 0 Å². The van der Waals surface area contributed by atoms with E-state index >= 15 is 0 Å². The van der Waals surface area contributed by atoms with Crippen LogP contribution in [0.15, 0.2) is 12.3 Å². The molecule has 1 aromatic heterocycles. The maximum atomic E-state index is 10.8. The summed E-state index contributed by atoms with van der Waals surface area (Å²) in [5.41, 5.74) is 5.27. The van der Waals surface area contributed by atoms with Crippen molar-refractivity contribution in [3.8, 4) is 0 Å². The van der Waals surface area contributed by atoms with Crippen molar-refractivity contribution in [1.29, 1.82) is 0 Å². The summed E-state index contributed by atoms with van der Waals surface area (Å²) in [5, 5.41) is 3.92. The highest BCUT2D eigenvalue weighted by molar-refractivity contribution is 5.90. The van der Waals surface area contributed by atoms with Gasteiger partial charge in [0, 0.05) is 19.2 Å². The second-order valence-electron chi connectivity index (χ2n) is 3.01. The quantitative estimate of drug-likeness (QED) is 0.691. The van der Waals surface area contributed by atoms with Crippen molar-refractivity contribution in [3.05, 3.63) is 18.0 Å². The Kier molecular flexibility index (Phi) is 3.84. The lowest BCUT2D eigenvalue weighted by Crippen LogP contribution is -2.12. The van der Waals surface area contributed by atoms with Gasteiger partial charge in [-0.1, -0.05) is 0 Å². The molecule has 0 unspecified atom stereocenters. The highest BCUT2D eigenvalue weighted by atomic mass is 16.5. The van der Waals surface area contributed by atoms with Gasteiger partial charge >= 0.3 is 5.97 Å². The fourth-order valence-electron chi connectivity index (χ4n) is 1.11. The van der Waals surface area contributed by atoms with Crippen LogP contribution in [0.5, 0.6) is 0 Å². The number of amides is 1. The van der Waals surface area contributed by atoms with Crippen LogP contribution in [-0.4, -0.2) is 28.8 Å². The predicted molar refractivity (Wildman–Crippen MR) is 52.0 cm³/mol. The van der Waals surface area contributed by atoms with E-state index in [1.807, 2.05) is 0 Å². The van der Waals surface area contributed by atoms with Crippen molar-refractivity contribution >= 4 is 11.9 Å². The summed E-state index contributed by atoms with van der Waals surface area (Å²) < 4.78 is 6.06. The number of nitrogens with two attached hydrogens (primary N) is 1. The van der Waals surface area contributed by atoms with E-state index in [9.17, 15) is 9.59 Å². The summed E-state index contributed by atoms with van der Waals surface area (Å²) in [6.45, 7) is 0.558. The molecule has 0 fully saturated rings. The average molecular weight is 211 g/mol. The number of nitrogens with zero attached hydrogens (tertiary/aromatic N) is 2. The zero-order valence-corrected chi connectivity index (χ0v) is 8.47. The SMILES string of the molecule is COC(=O)CCCn1ccc(C(N)=O)n1. The molecule has 6 heteroatoms. The van der Waals surface area contributed by atoms with E-state index in [1.54, 1.807) is 16.9 Å². The molecule has 0 spiro atoms. The molecule has 1 amide bonds. The number of esters is 1. The number of primary amides is 1. The van der Waals surface area contributed by atoms with Crippen LogP contribution in [0, 0.1) is 0 Å². The molecule has 82 valence electrons. The molecule has 0 saturated carbocycles. The second kappa shape index (κ2) is 5.14. The third-order valence-corrected chi connectivity index (χ3v) is 1.89. The molecular formula is C9H13N3O3. The largest absolute Gasteiger partial charge is 0.469 e. The molecular weight excluding hydrogens is 198 g/mol. The average Bonchev–Trinajstić information content (AvgIpc) is 2.66. The van der Waals surface area contributed by atoms with Crippen molar-refractivity contribution in [2.75, 3.05) is 7.11 Å². The zero-order valence-electron chi connectivity index (χ0n) is 8.47. The van der Waals surface area contributed by atoms with Crippen molar-refractivity contribution < 1.29 is 14.3 Å². The van der Waals surface area contributed by atoms with E-state index in [1.165, 1.54) is 7.11 Å². The first kappa shape index (κ1) is 11.2. The monoisotopic (exact) mass is 211 g/mol. The number of hydrogen-bond acceptors (Lipinski definition) is 4. The summed E-state index contributed by atoms with van der Waals surface area (Å²) in [6, 6.07) is 1.54. The van der Waals surface area contributed by atoms with Gasteiger partial charge in [0.25, 0.3) is 5.91 Å². The molecule has 1 aromatic rings. The lowest BCUT2D eigenvalue weighted by Gasteiger charge is -2.00. The van der Waals surface area contributed by atoms with Gasteiger partial charge in [0.05, 0.1) is 7.11 Å². The fourth-order valence-corrected chi connectivity index (χ4v) is 1.11. The normalized spacial score (nSPS) is 9.93. The minimum Gasteiger partial charge on any atom is -0.469 e. The number of rotatable bonds is 5. The highest BCUT2D eigenvalue weighted by Crippen LogP contribution is 1.99. The van der Waals surface area contributed by atoms with Crippen LogP contribution in [0.4, 0.5) is 0 Å². The molecule has 1 heterocycles. The van der Waals surface area contributed by atoms with E-state index < -0.39 is 5.91 Å². The zero-order chi connectivity index (χ0) is 11.3. The Balaban J connectivity index is 2.38. The van der Waals surface area contributed by atoms with Crippen molar-refractivity contribution in [2.45, 2.75) is 19.4 Å². The Labute approximate surface area is 87.0 Å². The predicted octanol–water partition coefficient (Wildman–Crippen LogP) is -0.0648. The number of carbonyl (C=O) groups excluding carboxylic acids is 2. The summed E-state index contributed by atoms with van der Waals surface area (Å²) in [6.07, 6.45) is 2.60. The molecule has 1 rings (SSSR count). The van der Waals surface area contributed by atoms with Gasteiger partial charge in [0.15, 0.2) is 0 Å². The van der Waals surface area contributed by atoms with Gasteiger partial charge in [-0.3, -0.25) is 14.3 Å². The van der Waals surface area contributed by atoms with Crippen LogP contribution in [0.25, 0.3) is 0 Å². The summed E-state index contributed by atoms with van der Waals surface area (Å²) >= 11 is 0. The van der Waals surface area contributed by atoms with E-state index in [0.717, 1.165) is 0 Å². The number of carbonyl (C=O) groups is 2. The molecule has 0 radical (unpaired) electrons. The first-order chi connectivity index (χ1) is 7.13. The van der Waals surface area contributed by atoms with E-state index in [4.69, 9.17) is 5.73 Å². The molecule has 0 aliphatic carbocycles. The van der Waals surface area contributed by atoms with Crippen LogP contribution < -0.4 is 5.73 Å². The smallest absolute Gasteiger partial charge is 0.305 e. The molecule has 0 aromatic carbocycles. The Morgan fingerprint density at radius 2 is 2.33 bits per heavy atom. The van der Waals surface area contributed by atoms with Gasteiger partial charge in [-0.25, -0.2) is 0 Å². The van der Waals surface area contributed by atoms with Crippen LogP contribution in [0.1, 0.15) is 23.3 Å². The molecule has 0 bridgehead atoms. The molecule has 0 aliphatic rings. The third kappa shape index (κ3) is 3.41. The van der Waals surface area contributed by atoms with Crippen molar-refractivity contribution in [2.24, 2.45) is 5.73 Å².